The summed E-state index contributed by atoms with van der Waals surface area (Å²) in [4.78, 5) is 42.9. The molecule has 232 valence electrons. The monoisotopic (exact) mass is 671 g/mol. The summed E-state index contributed by atoms with van der Waals surface area (Å²) in [7, 11) is -4.11. The molecule has 0 aliphatic carbocycles. The number of carbonyl (C=O) groups is 2. The number of aromatic nitrogens is 3. The number of anilines is 1. The second-order valence-electron chi connectivity index (χ2n) is 10.00. The Hall–Kier alpha value is -5.09. The highest BCUT2D eigenvalue weighted by Gasteiger charge is 2.25. The number of amidine groups is 1. The second kappa shape index (κ2) is 13.1. The average Bonchev–Trinajstić information content (AvgIpc) is 3.68. The minimum Gasteiger partial charge on any atom is -0.380 e. The number of nitrogens with one attached hydrogen (secondary N) is 2. The number of nitrogens with two attached hydrogens (primary N) is 1. The summed E-state index contributed by atoms with van der Waals surface area (Å²) in [5, 5.41) is 6.98. The van der Waals surface area contributed by atoms with Crippen LogP contribution < -0.4 is 15.8 Å². The van der Waals surface area contributed by atoms with Crippen molar-refractivity contribution in [1.29, 1.82) is 0 Å². The molecule has 0 spiro atoms. The quantitative estimate of drug-likeness (QED) is 0.0782. The van der Waals surface area contributed by atoms with Crippen molar-refractivity contribution < 1.29 is 22.8 Å². The van der Waals surface area contributed by atoms with Crippen LogP contribution in [-0.4, -0.2) is 41.1 Å². The van der Waals surface area contributed by atoms with E-state index in [4.69, 9.17) is 10.7 Å². The lowest BCUT2D eigenvalue weighted by Crippen LogP contribution is -2.30. The van der Waals surface area contributed by atoms with Crippen molar-refractivity contribution in [3.05, 3.63) is 112 Å². The van der Waals surface area contributed by atoms with E-state index in [9.17, 15) is 18.0 Å². The third kappa shape index (κ3) is 7.07. The van der Waals surface area contributed by atoms with E-state index in [2.05, 4.69) is 30.0 Å². The van der Waals surface area contributed by atoms with Crippen LogP contribution in [0.3, 0.4) is 0 Å². The Labute approximate surface area is 271 Å². The highest BCUT2D eigenvalue weighted by molar-refractivity contribution is 7.89. The molecule has 0 aliphatic rings. The topological polar surface area (TPSA) is 179 Å². The molecule has 3 aromatic heterocycles. The first-order valence-electron chi connectivity index (χ1n) is 13.7. The molecular formula is C31H25N7O5S3. The summed E-state index contributed by atoms with van der Waals surface area (Å²) in [6.45, 7) is 1.21. The highest BCUT2D eigenvalue weighted by Crippen LogP contribution is 2.30. The Morgan fingerprint density at radius 3 is 2.57 bits per heavy atom. The number of amides is 1. The Kier molecular flexibility index (Phi) is 8.81. The first-order chi connectivity index (χ1) is 22.1. The molecule has 1 amide bonds. The summed E-state index contributed by atoms with van der Waals surface area (Å²) in [5.74, 6) is -1.02. The van der Waals surface area contributed by atoms with Crippen LogP contribution in [-0.2, 0) is 26.1 Å². The van der Waals surface area contributed by atoms with E-state index >= 15 is 0 Å². The van der Waals surface area contributed by atoms with Crippen molar-refractivity contribution in [3.8, 4) is 0 Å². The van der Waals surface area contributed by atoms with E-state index in [0.29, 0.717) is 31.5 Å². The standard InChI is InChI=1S/C31H25N7O5S3/c1-18(39)43-37-28(32)20-7-4-6-19(14-20)15-25(31-36-23-10-2-3-11-26(23)44-31)38-46(41,42)22-9-5-8-21(16-22)35-29(40)27-17-24-30(45-27)34-13-12-33-24/h2-14,16-17,25,38H,15H2,1H3,(H2,32,37)(H,35,40). The number of fused-ring (bicyclic) bond motifs is 2. The zero-order chi connectivity index (χ0) is 32.3. The second-order valence-corrected chi connectivity index (χ2v) is 13.8. The molecule has 3 aromatic carbocycles. The third-order valence-electron chi connectivity index (χ3n) is 6.63. The van der Waals surface area contributed by atoms with Gasteiger partial charge >= 0.3 is 5.97 Å². The summed E-state index contributed by atoms with van der Waals surface area (Å²) >= 11 is 2.57. The summed E-state index contributed by atoms with van der Waals surface area (Å²) in [6, 6.07) is 21.4. The summed E-state index contributed by atoms with van der Waals surface area (Å²) in [6.07, 6.45) is 3.32. The number of para-hydroxylation sites is 1. The van der Waals surface area contributed by atoms with E-state index in [1.165, 1.54) is 41.7 Å². The number of thiazole rings is 1. The van der Waals surface area contributed by atoms with Gasteiger partial charge in [0.15, 0.2) is 5.84 Å². The third-order valence-corrected chi connectivity index (χ3v) is 10.3. The number of hydrogen-bond donors (Lipinski definition) is 3. The molecule has 4 N–H and O–H groups in total. The SMILES string of the molecule is CC(=O)O/N=C(/N)c1cccc(CC(NS(=O)(=O)c2cccc(NC(=O)c3cc4nccnc4s3)c2)c2nc3ccccc3s2)c1. The molecule has 6 aromatic rings. The zero-order valence-corrected chi connectivity index (χ0v) is 26.5. The number of nitrogens with zero attached hydrogens (tertiary/aromatic N) is 4. The van der Waals surface area contributed by atoms with Gasteiger partial charge in [0.2, 0.25) is 10.0 Å². The average molecular weight is 672 g/mol. The van der Waals surface area contributed by atoms with Crippen molar-refractivity contribution in [1.82, 2.24) is 19.7 Å². The molecule has 0 saturated heterocycles. The van der Waals surface area contributed by atoms with Crippen LogP contribution in [0.15, 0.2) is 101 Å². The largest absolute Gasteiger partial charge is 0.380 e. The van der Waals surface area contributed by atoms with Crippen LogP contribution in [0.2, 0.25) is 0 Å². The fourth-order valence-electron chi connectivity index (χ4n) is 4.55. The lowest BCUT2D eigenvalue weighted by Gasteiger charge is -2.18. The van der Waals surface area contributed by atoms with Crippen molar-refractivity contribution in [2.45, 2.75) is 24.3 Å². The predicted octanol–water partition coefficient (Wildman–Crippen LogP) is 5.00. The van der Waals surface area contributed by atoms with Crippen LogP contribution in [0.1, 0.15) is 38.8 Å². The summed E-state index contributed by atoms with van der Waals surface area (Å²) in [5.41, 5.74) is 8.89. The van der Waals surface area contributed by atoms with Gasteiger partial charge in [-0.05, 0) is 54.4 Å². The maximum Gasteiger partial charge on any atom is 0.332 e. The van der Waals surface area contributed by atoms with Gasteiger partial charge in [-0.3, -0.25) is 9.78 Å². The molecule has 0 aliphatic heterocycles. The Bertz CT molecular complexity index is 2160. The molecule has 0 bridgehead atoms. The molecule has 12 nitrogen and oxygen atoms in total. The van der Waals surface area contributed by atoms with Gasteiger partial charge in [0.05, 0.1) is 26.0 Å². The van der Waals surface area contributed by atoms with E-state index in [0.717, 1.165) is 15.8 Å². The number of hydrogen-bond acceptors (Lipinski definition) is 11. The van der Waals surface area contributed by atoms with Crippen LogP contribution in [0, 0.1) is 0 Å². The number of thiophene rings is 1. The van der Waals surface area contributed by atoms with Gasteiger partial charge in [0.25, 0.3) is 5.91 Å². The summed E-state index contributed by atoms with van der Waals surface area (Å²) < 4.78 is 31.4. The van der Waals surface area contributed by atoms with Gasteiger partial charge in [0, 0.05) is 30.6 Å². The van der Waals surface area contributed by atoms with Crippen LogP contribution in [0.5, 0.6) is 0 Å². The minimum atomic E-state index is -4.11. The number of benzene rings is 3. The smallest absolute Gasteiger partial charge is 0.332 e. The Balaban J connectivity index is 1.27. The normalized spacial score (nSPS) is 12.7. The van der Waals surface area contributed by atoms with Crippen molar-refractivity contribution >= 4 is 76.7 Å². The van der Waals surface area contributed by atoms with Gasteiger partial charge < -0.3 is 15.9 Å². The minimum absolute atomic E-state index is 0.00352. The molecule has 0 fully saturated rings. The van der Waals surface area contributed by atoms with Crippen molar-refractivity contribution in [2.24, 2.45) is 10.9 Å². The van der Waals surface area contributed by atoms with E-state index in [-0.39, 0.29) is 17.2 Å². The molecule has 1 unspecified atom stereocenters. The molecule has 1 atom stereocenters. The van der Waals surface area contributed by atoms with E-state index in [1.54, 1.807) is 48.8 Å². The van der Waals surface area contributed by atoms with E-state index in [1.807, 2.05) is 30.3 Å². The Morgan fingerprint density at radius 2 is 1.76 bits per heavy atom. The molecule has 6 rings (SSSR count). The first kappa shape index (κ1) is 30.9. The van der Waals surface area contributed by atoms with E-state index < -0.39 is 27.9 Å². The van der Waals surface area contributed by atoms with Crippen molar-refractivity contribution in [2.75, 3.05) is 5.32 Å². The molecule has 15 heteroatoms. The Morgan fingerprint density at radius 1 is 0.957 bits per heavy atom. The lowest BCUT2D eigenvalue weighted by molar-refractivity contribution is -0.140. The molecule has 46 heavy (non-hydrogen) atoms. The highest BCUT2D eigenvalue weighted by atomic mass is 32.2. The molecule has 0 saturated carbocycles. The van der Waals surface area contributed by atoms with Crippen LogP contribution in [0.25, 0.3) is 20.6 Å². The maximum atomic E-state index is 13.8. The fraction of sp³-hybridized carbons (Fsp3) is 0.0968. The van der Waals surface area contributed by atoms with Crippen LogP contribution in [0.4, 0.5) is 5.69 Å². The fourth-order valence-corrected chi connectivity index (χ4v) is 7.74. The molecule has 0 radical (unpaired) electrons. The first-order valence-corrected chi connectivity index (χ1v) is 16.9. The maximum absolute atomic E-state index is 13.8. The molecular weight excluding hydrogens is 647 g/mol. The number of sulfonamides is 1. The molecule has 3 heterocycles. The van der Waals surface area contributed by atoms with Crippen molar-refractivity contribution in [3.63, 3.8) is 0 Å². The van der Waals surface area contributed by atoms with Gasteiger partial charge in [-0.1, -0.05) is 41.6 Å². The number of oxime groups is 1. The van der Waals surface area contributed by atoms with Crippen LogP contribution >= 0.6 is 22.7 Å². The number of carbonyl (C=O) groups excluding carboxylic acids is 2. The number of rotatable bonds is 10. The lowest BCUT2D eigenvalue weighted by atomic mass is 10.0. The van der Waals surface area contributed by atoms with Gasteiger partial charge in [-0.25, -0.2) is 27.9 Å². The van der Waals surface area contributed by atoms with Gasteiger partial charge in [0.1, 0.15) is 15.4 Å². The van der Waals surface area contributed by atoms with Gasteiger partial charge in [-0.15, -0.1) is 22.7 Å². The predicted molar refractivity (Wildman–Crippen MR) is 177 cm³/mol. The zero-order valence-electron chi connectivity index (χ0n) is 24.1. The van der Waals surface area contributed by atoms with Gasteiger partial charge in [-0.2, -0.15) is 0 Å².